The quantitative estimate of drug-likeness (QED) is 0.314. The van der Waals surface area contributed by atoms with E-state index in [1.54, 1.807) is 35.7 Å². The highest BCUT2D eigenvalue weighted by atomic mass is 32.1. The van der Waals surface area contributed by atoms with Gasteiger partial charge in [0.2, 0.25) is 5.91 Å². The number of hydrogen-bond donors (Lipinski definition) is 1. The molecule has 4 unspecified atom stereocenters. The van der Waals surface area contributed by atoms with Crippen LogP contribution in [0.1, 0.15) is 53.6 Å². The second-order valence-corrected chi connectivity index (χ2v) is 11.2. The predicted molar refractivity (Wildman–Crippen MR) is 143 cm³/mol. The summed E-state index contributed by atoms with van der Waals surface area (Å²) in [7, 11) is 0. The molecule has 8 heteroatoms. The highest BCUT2D eigenvalue weighted by Gasteiger charge is 2.57. The van der Waals surface area contributed by atoms with E-state index in [-0.39, 0.29) is 11.7 Å². The van der Waals surface area contributed by atoms with Gasteiger partial charge in [-0.25, -0.2) is 4.39 Å². The Bertz CT molecular complexity index is 1460. The molecular formula is C29H25FN2O3S2. The van der Waals surface area contributed by atoms with E-state index in [0.29, 0.717) is 16.0 Å². The van der Waals surface area contributed by atoms with Gasteiger partial charge >= 0.3 is 0 Å². The topological polar surface area (TPSA) is 80.5 Å². The van der Waals surface area contributed by atoms with Crippen LogP contribution < -0.4 is 5.73 Å². The lowest BCUT2D eigenvalue weighted by atomic mass is 9.76. The van der Waals surface area contributed by atoms with Gasteiger partial charge in [-0.05, 0) is 66.1 Å². The lowest BCUT2D eigenvalue weighted by Crippen LogP contribution is -2.46. The first-order valence-corrected chi connectivity index (χ1v) is 13.6. The van der Waals surface area contributed by atoms with Crippen molar-refractivity contribution in [2.45, 2.75) is 31.8 Å². The number of aryl methyl sites for hydroxylation is 2. The maximum atomic E-state index is 14.3. The van der Waals surface area contributed by atoms with Crippen molar-refractivity contribution in [3.63, 3.8) is 0 Å². The van der Waals surface area contributed by atoms with Gasteiger partial charge in [-0.2, -0.15) is 0 Å². The molecule has 1 aliphatic rings. The number of thiophene rings is 2. The molecule has 2 N–H and O–H groups in total. The van der Waals surface area contributed by atoms with E-state index >= 15 is 0 Å². The zero-order valence-corrected chi connectivity index (χ0v) is 21.9. The molecule has 1 aliphatic heterocycles. The highest BCUT2D eigenvalue weighted by molar-refractivity contribution is 7.12. The number of amides is 2. The molecule has 0 bridgehead atoms. The Balaban J connectivity index is 1.78. The van der Waals surface area contributed by atoms with Gasteiger partial charge in [-0.3, -0.25) is 14.4 Å². The van der Waals surface area contributed by atoms with Crippen LogP contribution in [0.4, 0.5) is 4.39 Å². The van der Waals surface area contributed by atoms with Crippen LogP contribution >= 0.6 is 22.7 Å². The third-order valence-corrected chi connectivity index (χ3v) is 8.90. The number of likely N-dealkylation sites (tertiary alicyclic amines) is 1. The van der Waals surface area contributed by atoms with Gasteiger partial charge < -0.3 is 10.6 Å². The molecule has 0 aliphatic carbocycles. The van der Waals surface area contributed by atoms with Gasteiger partial charge in [0.15, 0.2) is 5.78 Å². The molecule has 2 aromatic carbocycles. The van der Waals surface area contributed by atoms with Gasteiger partial charge in [0.25, 0.3) is 5.91 Å². The van der Waals surface area contributed by atoms with E-state index in [1.165, 1.54) is 39.7 Å². The van der Waals surface area contributed by atoms with Gasteiger partial charge in [0.05, 0.1) is 16.8 Å². The van der Waals surface area contributed by atoms with Crippen molar-refractivity contribution in [2.75, 3.05) is 0 Å². The molecule has 0 saturated carbocycles. The molecule has 2 amide bonds. The van der Waals surface area contributed by atoms with Gasteiger partial charge in [0.1, 0.15) is 11.9 Å². The van der Waals surface area contributed by atoms with Crippen LogP contribution in [0.2, 0.25) is 0 Å². The summed E-state index contributed by atoms with van der Waals surface area (Å²) in [6, 6.07) is 16.6. The van der Waals surface area contributed by atoms with Crippen molar-refractivity contribution in [3.05, 3.63) is 115 Å². The van der Waals surface area contributed by atoms with Crippen LogP contribution in [0.3, 0.4) is 0 Å². The van der Waals surface area contributed by atoms with E-state index in [2.05, 4.69) is 0 Å². The molecular weight excluding hydrogens is 507 g/mol. The zero-order valence-electron chi connectivity index (χ0n) is 20.3. The van der Waals surface area contributed by atoms with Crippen molar-refractivity contribution in [1.82, 2.24) is 4.90 Å². The molecule has 5 nitrogen and oxygen atoms in total. The largest absolute Gasteiger partial charge is 0.368 e. The summed E-state index contributed by atoms with van der Waals surface area (Å²) in [5, 5.41) is 3.71. The van der Waals surface area contributed by atoms with Crippen molar-refractivity contribution in [3.8, 4) is 0 Å². The van der Waals surface area contributed by atoms with E-state index in [0.717, 1.165) is 16.0 Å². The number of hydrogen-bond acceptors (Lipinski definition) is 5. The number of nitrogens with two attached hydrogens (primary N) is 1. The van der Waals surface area contributed by atoms with Gasteiger partial charge in [0, 0.05) is 16.4 Å². The SMILES string of the molecule is Cc1cccc(C(=O)C2C(c3ccc(F)cc3)C(C(N)=O)N(C(=O)c3cccs3)C2c2sccc2C)c1. The smallest absolute Gasteiger partial charge is 0.265 e. The number of ketones is 1. The van der Waals surface area contributed by atoms with Crippen LogP contribution in [0.25, 0.3) is 0 Å². The van der Waals surface area contributed by atoms with Crippen molar-refractivity contribution >= 4 is 40.3 Å². The Morgan fingerprint density at radius 1 is 0.919 bits per heavy atom. The van der Waals surface area contributed by atoms with E-state index in [4.69, 9.17) is 5.73 Å². The number of nitrogens with zero attached hydrogens (tertiary/aromatic N) is 1. The normalized spacial score (nSPS) is 21.2. The Morgan fingerprint density at radius 2 is 1.68 bits per heavy atom. The Morgan fingerprint density at radius 3 is 2.27 bits per heavy atom. The number of primary amides is 1. The molecule has 0 radical (unpaired) electrons. The average Bonchev–Trinajstić information content (AvgIpc) is 3.62. The summed E-state index contributed by atoms with van der Waals surface area (Å²) in [5.41, 5.74) is 8.92. The molecule has 1 saturated heterocycles. The number of benzene rings is 2. The molecule has 4 atom stereocenters. The van der Waals surface area contributed by atoms with Gasteiger partial charge in [-0.1, -0.05) is 42.0 Å². The number of halogens is 1. The fourth-order valence-corrected chi connectivity index (χ4v) is 7.09. The second-order valence-electron chi connectivity index (χ2n) is 9.29. The third kappa shape index (κ3) is 4.51. The number of carbonyl (C=O) groups excluding carboxylic acids is 3. The predicted octanol–water partition coefficient (Wildman–Crippen LogP) is 5.90. The minimum Gasteiger partial charge on any atom is -0.368 e. The molecule has 0 spiro atoms. The zero-order chi connectivity index (χ0) is 26.3. The van der Waals surface area contributed by atoms with Crippen molar-refractivity contribution in [2.24, 2.45) is 11.7 Å². The van der Waals surface area contributed by atoms with Crippen molar-refractivity contribution < 1.29 is 18.8 Å². The monoisotopic (exact) mass is 532 g/mol. The average molecular weight is 533 g/mol. The first-order chi connectivity index (χ1) is 17.8. The molecule has 3 heterocycles. The summed E-state index contributed by atoms with van der Waals surface area (Å²) in [6.07, 6.45) is 0. The Labute approximate surface area is 222 Å². The molecule has 188 valence electrons. The molecule has 1 fully saturated rings. The van der Waals surface area contributed by atoms with Crippen LogP contribution in [0.5, 0.6) is 0 Å². The maximum absolute atomic E-state index is 14.3. The van der Waals surface area contributed by atoms with Crippen LogP contribution in [-0.4, -0.2) is 28.5 Å². The fraction of sp³-hybridized carbons (Fsp3) is 0.207. The highest BCUT2D eigenvalue weighted by Crippen LogP contribution is 2.53. The maximum Gasteiger partial charge on any atom is 0.265 e. The molecule has 2 aromatic heterocycles. The first-order valence-electron chi connectivity index (χ1n) is 11.8. The van der Waals surface area contributed by atoms with E-state index < -0.39 is 35.6 Å². The van der Waals surface area contributed by atoms with Crippen LogP contribution in [-0.2, 0) is 4.79 Å². The summed E-state index contributed by atoms with van der Waals surface area (Å²) in [5.74, 6) is -3.27. The van der Waals surface area contributed by atoms with E-state index in [1.807, 2.05) is 43.5 Å². The molecule has 4 aromatic rings. The first kappa shape index (κ1) is 25.0. The summed E-state index contributed by atoms with van der Waals surface area (Å²) in [4.78, 5) is 44.2. The van der Waals surface area contributed by atoms with Crippen LogP contribution in [0.15, 0.2) is 77.5 Å². The number of rotatable bonds is 6. The van der Waals surface area contributed by atoms with Gasteiger partial charge in [-0.15, -0.1) is 22.7 Å². The van der Waals surface area contributed by atoms with Crippen molar-refractivity contribution in [1.29, 1.82) is 0 Å². The second kappa shape index (κ2) is 10.0. The Hall–Kier alpha value is -3.62. The lowest BCUT2D eigenvalue weighted by Gasteiger charge is -2.30. The summed E-state index contributed by atoms with van der Waals surface area (Å²) in [6.45, 7) is 3.83. The minimum atomic E-state index is -1.11. The number of carbonyl (C=O) groups is 3. The molecule has 37 heavy (non-hydrogen) atoms. The third-order valence-electron chi connectivity index (χ3n) is 6.96. The molecule has 5 rings (SSSR count). The summed E-state index contributed by atoms with van der Waals surface area (Å²) >= 11 is 2.71. The minimum absolute atomic E-state index is 0.191. The van der Waals surface area contributed by atoms with E-state index in [9.17, 15) is 18.8 Å². The summed E-state index contributed by atoms with van der Waals surface area (Å²) < 4.78 is 13.9. The standard InChI is InChI=1S/C29H25FN2O3S2/c1-16-5-3-6-19(15-16)26(33)23-22(18-8-10-20(30)11-9-18)25(28(31)34)32(29(35)21-7-4-13-36-21)24(23)27-17(2)12-14-37-27/h3-15,22-25H,1-2H3,(H2,31,34). The van der Waals surface area contributed by atoms with Crippen LogP contribution in [0, 0.1) is 25.6 Å². The fourth-order valence-electron chi connectivity index (χ4n) is 5.35. The Kier molecular flexibility index (Phi) is 6.79. The number of Topliss-reactive ketones (excluding diaryl/α,β-unsaturated/α-hetero) is 1. The lowest BCUT2D eigenvalue weighted by molar-refractivity contribution is -0.122.